The largest absolute Gasteiger partial charge is 0.388 e. The van der Waals surface area contributed by atoms with Gasteiger partial charge in [0.15, 0.2) is 0 Å². The monoisotopic (exact) mass is 334 g/mol. The summed E-state index contributed by atoms with van der Waals surface area (Å²) in [7, 11) is 0. The molecule has 6 heteroatoms. The zero-order valence-corrected chi connectivity index (χ0v) is 13.9. The number of nitrogens with zero attached hydrogens (tertiary/aromatic N) is 2. The zero-order chi connectivity index (χ0) is 16.6. The summed E-state index contributed by atoms with van der Waals surface area (Å²) in [6, 6.07) is 8.62. The number of carbonyl (C=O) groups excluding carboxylic acids is 1. The van der Waals surface area contributed by atoms with Crippen LogP contribution >= 0.6 is 11.6 Å². The van der Waals surface area contributed by atoms with Crippen LogP contribution in [0.4, 0.5) is 0 Å². The summed E-state index contributed by atoms with van der Waals surface area (Å²) in [5, 5.41) is 14.8. The van der Waals surface area contributed by atoms with Crippen molar-refractivity contribution in [2.45, 2.75) is 38.3 Å². The average molecular weight is 335 g/mol. The van der Waals surface area contributed by atoms with Gasteiger partial charge in [-0.15, -0.1) is 0 Å². The minimum absolute atomic E-state index is 0.177. The smallest absolute Gasteiger partial charge is 0.292 e. The molecular weight excluding hydrogens is 316 g/mol. The summed E-state index contributed by atoms with van der Waals surface area (Å²) in [4.78, 5) is 14.3. The molecule has 1 aliphatic rings. The molecule has 1 fully saturated rings. The van der Waals surface area contributed by atoms with Crippen LogP contribution in [0.25, 0.3) is 11.3 Å². The number of aromatic nitrogens is 1. The van der Waals surface area contributed by atoms with Crippen LogP contribution in [0.3, 0.4) is 0 Å². The van der Waals surface area contributed by atoms with Crippen LogP contribution in [0.5, 0.6) is 0 Å². The predicted molar refractivity (Wildman–Crippen MR) is 87.3 cm³/mol. The number of amides is 1. The summed E-state index contributed by atoms with van der Waals surface area (Å²) in [5.41, 5.74) is 0.415. The first kappa shape index (κ1) is 16.0. The molecule has 0 spiro atoms. The molecule has 122 valence electrons. The lowest BCUT2D eigenvalue weighted by Crippen LogP contribution is -2.48. The Morgan fingerprint density at radius 1 is 1.43 bits per heavy atom. The highest BCUT2D eigenvalue weighted by molar-refractivity contribution is 6.30. The summed E-state index contributed by atoms with van der Waals surface area (Å²) >= 11 is 5.98. The Hall–Kier alpha value is -1.85. The number of likely N-dealkylation sites (tertiary alicyclic amines) is 1. The lowest BCUT2D eigenvalue weighted by Gasteiger charge is -2.33. The minimum Gasteiger partial charge on any atom is -0.388 e. The number of halogens is 1. The van der Waals surface area contributed by atoms with Crippen molar-refractivity contribution in [1.29, 1.82) is 0 Å². The Morgan fingerprint density at radius 3 is 2.91 bits per heavy atom. The summed E-state index contributed by atoms with van der Waals surface area (Å²) in [5.74, 6) is -0.0634. The molecule has 3 rings (SSSR count). The molecule has 5 nitrogen and oxygen atoms in total. The fraction of sp³-hybridized carbons (Fsp3) is 0.412. The van der Waals surface area contributed by atoms with Gasteiger partial charge >= 0.3 is 0 Å². The molecule has 1 N–H and O–H groups in total. The zero-order valence-electron chi connectivity index (χ0n) is 13.1. The predicted octanol–water partition coefficient (Wildman–Crippen LogP) is 3.37. The first-order valence-corrected chi connectivity index (χ1v) is 8.00. The van der Waals surface area contributed by atoms with Gasteiger partial charge in [-0.25, -0.2) is 0 Å². The second-order valence-corrected chi connectivity index (χ2v) is 6.83. The van der Waals surface area contributed by atoms with Crippen LogP contribution < -0.4 is 0 Å². The van der Waals surface area contributed by atoms with Crippen molar-refractivity contribution in [3.8, 4) is 11.3 Å². The van der Waals surface area contributed by atoms with Gasteiger partial charge in [0.2, 0.25) is 5.76 Å². The van der Waals surface area contributed by atoms with E-state index in [0.717, 1.165) is 18.4 Å². The van der Waals surface area contributed by atoms with Crippen LogP contribution in [0.15, 0.2) is 34.9 Å². The number of carbonyl (C=O) groups is 1. The van der Waals surface area contributed by atoms with Gasteiger partial charge in [0, 0.05) is 23.2 Å². The fourth-order valence-corrected chi connectivity index (χ4v) is 3.24. The van der Waals surface area contributed by atoms with Crippen molar-refractivity contribution in [2.24, 2.45) is 0 Å². The van der Waals surface area contributed by atoms with E-state index >= 15 is 0 Å². The van der Waals surface area contributed by atoms with E-state index in [-0.39, 0.29) is 17.7 Å². The van der Waals surface area contributed by atoms with Crippen LogP contribution in [0.1, 0.15) is 37.2 Å². The third-order valence-corrected chi connectivity index (χ3v) is 4.41. The number of benzene rings is 1. The molecule has 0 radical (unpaired) electrons. The van der Waals surface area contributed by atoms with E-state index in [4.69, 9.17) is 16.1 Å². The van der Waals surface area contributed by atoms with Crippen LogP contribution in [-0.4, -0.2) is 39.3 Å². The fourth-order valence-electron chi connectivity index (χ4n) is 3.05. The second kappa shape index (κ2) is 5.98. The van der Waals surface area contributed by atoms with E-state index in [9.17, 15) is 9.90 Å². The van der Waals surface area contributed by atoms with Crippen molar-refractivity contribution in [3.63, 3.8) is 0 Å². The van der Waals surface area contributed by atoms with Crippen molar-refractivity contribution >= 4 is 17.5 Å². The third kappa shape index (κ3) is 3.26. The van der Waals surface area contributed by atoms with Gasteiger partial charge in [0.25, 0.3) is 5.91 Å². The van der Waals surface area contributed by atoms with E-state index in [0.29, 0.717) is 17.3 Å². The Balaban J connectivity index is 1.84. The van der Waals surface area contributed by atoms with Gasteiger partial charge in [-0.3, -0.25) is 4.79 Å². The summed E-state index contributed by atoms with van der Waals surface area (Å²) in [6.45, 7) is 4.06. The highest BCUT2D eigenvalue weighted by Gasteiger charge is 2.39. The highest BCUT2D eigenvalue weighted by Crippen LogP contribution is 2.29. The molecule has 0 aliphatic carbocycles. The first-order valence-electron chi connectivity index (χ1n) is 7.62. The van der Waals surface area contributed by atoms with Crippen molar-refractivity contribution in [2.75, 3.05) is 6.54 Å². The molecule has 1 atom stereocenters. The van der Waals surface area contributed by atoms with E-state index in [2.05, 4.69) is 5.16 Å². The maximum absolute atomic E-state index is 12.7. The van der Waals surface area contributed by atoms with Crippen molar-refractivity contribution < 1.29 is 14.4 Å². The molecule has 1 aliphatic heterocycles. The van der Waals surface area contributed by atoms with Crippen LogP contribution in [-0.2, 0) is 0 Å². The van der Waals surface area contributed by atoms with Crippen molar-refractivity contribution in [3.05, 3.63) is 41.1 Å². The second-order valence-electron chi connectivity index (χ2n) is 6.40. The number of rotatable bonds is 3. The molecule has 1 aromatic heterocycles. The van der Waals surface area contributed by atoms with Gasteiger partial charge in [0.1, 0.15) is 5.69 Å². The Bertz CT molecular complexity index is 721. The molecule has 1 amide bonds. The SMILES string of the molecule is CC(C)(O)C1CCCN1C(=O)c1cc(-c2cccc(Cl)c2)no1. The maximum atomic E-state index is 12.7. The van der Waals surface area contributed by atoms with Gasteiger partial charge in [-0.05, 0) is 38.8 Å². The number of aliphatic hydroxyl groups is 1. The van der Waals surface area contributed by atoms with Crippen LogP contribution in [0.2, 0.25) is 5.02 Å². The molecule has 0 saturated carbocycles. The Labute approximate surface area is 139 Å². The van der Waals surface area contributed by atoms with Crippen LogP contribution in [0, 0.1) is 0 Å². The highest BCUT2D eigenvalue weighted by atomic mass is 35.5. The molecule has 2 heterocycles. The van der Waals surface area contributed by atoms with Gasteiger partial charge in [-0.1, -0.05) is 28.9 Å². The standard InChI is InChI=1S/C17H19ClN2O3/c1-17(2,22)15-7-4-8-20(15)16(21)14-10-13(19-23-14)11-5-3-6-12(18)9-11/h3,5-6,9-10,15,22H,4,7-8H2,1-2H3. The Morgan fingerprint density at radius 2 is 2.22 bits per heavy atom. The molecule has 23 heavy (non-hydrogen) atoms. The van der Waals surface area contributed by atoms with Gasteiger partial charge in [-0.2, -0.15) is 0 Å². The first-order chi connectivity index (χ1) is 10.9. The van der Waals surface area contributed by atoms with Crippen molar-refractivity contribution in [1.82, 2.24) is 10.1 Å². The van der Waals surface area contributed by atoms with E-state index < -0.39 is 5.60 Å². The molecular formula is C17H19ClN2O3. The molecule has 2 aromatic rings. The van der Waals surface area contributed by atoms with E-state index in [1.807, 2.05) is 12.1 Å². The number of hydrogen-bond acceptors (Lipinski definition) is 4. The quantitative estimate of drug-likeness (QED) is 0.934. The summed E-state index contributed by atoms with van der Waals surface area (Å²) in [6.07, 6.45) is 1.65. The topological polar surface area (TPSA) is 66.6 Å². The van der Waals surface area contributed by atoms with E-state index in [1.54, 1.807) is 36.9 Å². The summed E-state index contributed by atoms with van der Waals surface area (Å²) < 4.78 is 5.23. The van der Waals surface area contributed by atoms with Gasteiger partial charge < -0.3 is 14.5 Å². The minimum atomic E-state index is -0.942. The molecule has 1 unspecified atom stereocenters. The molecule has 0 bridgehead atoms. The van der Waals surface area contributed by atoms with Gasteiger partial charge in [0.05, 0.1) is 11.6 Å². The average Bonchev–Trinajstić information content (AvgIpc) is 3.15. The lowest BCUT2D eigenvalue weighted by atomic mass is 9.96. The molecule has 1 saturated heterocycles. The lowest BCUT2D eigenvalue weighted by molar-refractivity contribution is -0.00104. The third-order valence-electron chi connectivity index (χ3n) is 4.17. The van der Waals surface area contributed by atoms with E-state index in [1.165, 1.54) is 0 Å². The Kier molecular flexibility index (Phi) is 4.17. The normalized spacial score (nSPS) is 18.4. The number of hydrogen-bond donors (Lipinski definition) is 1. The maximum Gasteiger partial charge on any atom is 0.292 e. The molecule has 1 aromatic carbocycles.